The topological polar surface area (TPSA) is 77.1 Å². The van der Waals surface area contributed by atoms with Gasteiger partial charge in [0.25, 0.3) is 0 Å². The number of hydrogen-bond donors (Lipinski definition) is 1. The molecule has 2 aromatic rings. The molecule has 0 heterocycles. The van der Waals surface area contributed by atoms with E-state index >= 15 is 0 Å². The van der Waals surface area contributed by atoms with Crippen LogP contribution in [0, 0.1) is 0 Å². The first-order chi connectivity index (χ1) is 15.9. The maximum atomic E-state index is 13.1. The summed E-state index contributed by atoms with van der Waals surface area (Å²) in [6, 6.07) is 14.3. The highest BCUT2D eigenvalue weighted by Gasteiger charge is 2.26. The van der Waals surface area contributed by atoms with Crippen molar-refractivity contribution in [3.8, 4) is 17.2 Å². The Hall–Kier alpha value is -3.22. The summed E-state index contributed by atoms with van der Waals surface area (Å²) in [5.74, 6) is 1.94. The third-order valence-electron chi connectivity index (χ3n) is 5.52. The molecule has 0 saturated heterocycles. The molecular weight excluding hydrogens is 420 g/mol. The van der Waals surface area contributed by atoms with Gasteiger partial charge in [0.1, 0.15) is 23.3 Å². The molecule has 7 nitrogen and oxygen atoms in total. The van der Waals surface area contributed by atoms with Crippen LogP contribution in [0.1, 0.15) is 45.6 Å². The van der Waals surface area contributed by atoms with Crippen LogP contribution >= 0.6 is 0 Å². The minimum absolute atomic E-state index is 0.0478. The minimum atomic E-state index is -0.597. The van der Waals surface area contributed by atoms with E-state index < -0.39 is 6.04 Å². The van der Waals surface area contributed by atoms with E-state index in [-0.39, 0.29) is 24.3 Å². The number of hydrogen-bond acceptors (Lipinski definition) is 5. The fourth-order valence-corrected chi connectivity index (χ4v) is 3.24. The molecule has 1 N–H and O–H groups in total. The van der Waals surface area contributed by atoms with Gasteiger partial charge in [0, 0.05) is 19.0 Å². The van der Waals surface area contributed by atoms with Crippen molar-refractivity contribution in [1.82, 2.24) is 10.2 Å². The second-order valence-corrected chi connectivity index (χ2v) is 7.99. The molecule has 33 heavy (non-hydrogen) atoms. The number of rotatable bonds is 13. The van der Waals surface area contributed by atoms with E-state index in [4.69, 9.17) is 14.2 Å². The molecule has 0 spiro atoms. The molecule has 0 bridgehead atoms. The molecule has 2 amide bonds. The maximum absolute atomic E-state index is 13.1. The average Bonchev–Trinajstić information content (AvgIpc) is 2.84. The molecule has 180 valence electrons. The first-order valence-corrected chi connectivity index (χ1v) is 11.4. The van der Waals surface area contributed by atoms with Gasteiger partial charge in [-0.25, -0.2) is 0 Å². The highest BCUT2D eigenvalue weighted by molar-refractivity contribution is 5.87. The first-order valence-electron chi connectivity index (χ1n) is 11.4. The molecule has 7 heteroatoms. The second kappa shape index (κ2) is 13.4. The Labute approximate surface area is 197 Å². The number of carbonyl (C=O) groups is 2. The van der Waals surface area contributed by atoms with E-state index in [1.165, 1.54) is 0 Å². The van der Waals surface area contributed by atoms with Gasteiger partial charge in [0.2, 0.25) is 11.8 Å². The molecule has 0 aliphatic heterocycles. The summed E-state index contributed by atoms with van der Waals surface area (Å²) in [5.41, 5.74) is 0.903. The van der Waals surface area contributed by atoms with Crippen LogP contribution in [0.15, 0.2) is 48.5 Å². The van der Waals surface area contributed by atoms with Crippen molar-refractivity contribution in [2.24, 2.45) is 0 Å². The third-order valence-corrected chi connectivity index (χ3v) is 5.52. The summed E-state index contributed by atoms with van der Waals surface area (Å²) < 4.78 is 16.2. The van der Waals surface area contributed by atoms with Crippen LogP contribution in [0.2, 0.25) is 0 Å². The third kappa shape index (κ3) is 8.33. The van der Waals surface area contributed by atoms with Gasteiger partial charge in [-0.15, -0.1) is 0 Å². The van der Waals surface area contributed by atoms with Crippen LogP contribution in [-0.2, 0) is 16.1 Å². The summed E-state index contributed by atoms with van der Waals surface area (Å²) in [5, 5.41) is 2.98. The lowest BCUT2D eigenvalue weighted by Gasteiger charge is -2.30. The first kappa shape index (κ1) is 26.0. The van der Waals surface area contributed by atoms with Crippen molar-refractivity contribution in [3.05, 3.63) is 54.1 Å². The van der Waals surface area contributed by atoms with Gasteiger partial charge in [-0.2, -0.15) is 0 Å². The summed E-state index contributed by atoms with van der Waals surface area (Å²) >= 11 is 0. The maximum Gasteiger partial charge on any atom is 0.242 e. The second-order valence-electron chi connectivity index (χ2n) is 7.99. The fraction of sp³-hybridized carbons (Fsp3) is 0.462. The van der Waals surface area contributed by atoms with Crippen molar-refractivity contribution in [2.45, 2.75) is 58.7 Å². The monoisotopic (exact) mass is 456 g/mol. The van der Waals surface area contributed by atoms with Crippen LogP contribution in [0.25, 0.3) is 0 Å². The van der Waals surface area contributed by atoms with E-state index in [0.717, 1.165) is 23.5 Å². The summed E-state index contributed by atoms with van der Waals surface area (Å²) in [4.78, 5) is 27.5. The van der Waals surface area contributed by atoms with E-state index in [2.05, 4.69) is 5.32 Å². The predicted molar refractivity (Wildman–Crippen MR) is 129 cm³/mol. The highest BCUT2D eigenvalue weighted by atomic mass is 16.5. The predicted octanol–water partition coefficient (Wildman–Crippen LogP) is 4.19. The molecule has 0 aliphatic carbocycles. The Morgan fingerprint density at radius 3 is 2.27 bits per heavy atom. The normalized spacial score (nSPS) is 12.4. The summed E-state index contributed by atoms with van der Waals surface area (Å²) in [7, 11) is 3.22. The number of methoxy groups -OCH3 is 2. The lowest BCUT2D eigenvalue weighted by Crippen LogP contribution is -2.49. The molecule has 0 aliphatic rings. The van der Waals surface area contributed by atoms with E-state index in [0.29, 0.717) is 25.3 Å². The van der Waals surface area contributed by atoms with Gasteiger partial charge in [-0.3, -0.25) is 9.59 Å². The van der Waals surface area contributed by atoms with Gasteiger partial charge in [0.15, 0.2) is 0 Å². The molecule has 0 unspecified atom stereocenters. The largest absolute Gasteiger partial charge is 0.497 e. The quantitative estimate of drug-likeness (QED) is 0.457. The number of benzene rings is 2. The van der Waals surface area contributed by atoms with Crippen molar-refractivity contribution in [3.63, 3.8) is 0 Å². The Morgan fingerprint density at radius 2 is 1.64 bits per heavy atom. The number of nitrogens with one attached hydrogen (secondary N) is 1. The summed E-state index contributed by atoms with van der Waals surface area (Å²) in [6.45, 7) is 6.46. The average molecular weight is 457 g/mol. The molecule has 0 radical (unpaired) electrons. The van der Waals surface area contributed by atoms with Gasteiger partial charge >= 0.3 is 0 Å². The smallest absolute Gasteiger partial charge is 0.242 e. The standard InChI is InChI=1S/C26H36N2O5/c1-6-19(2)27-26(30)20(3)28(18-21-9-7-10-24(17-21)32-5)25(29)11-8-16-33-23-14-12-22(31-4)13-15-23/h7,9-10,12-15,17,19-20H,6,8,11,16,18H2,1-5H3,(H,27,30)/t19-,20+/m0/s1. The van der Waals surface area contributed by atoms with Crippen molar-refractivity contribution >= 4 is 11.8 Å². The van der Waals surface area contributed by atoms with Gasteiger partial charge in [-0.05, 0) is 68.7 Å². The Morgan fingerprint density at radius 1 is 0.970 bits per heavy atom. The zero-order valence-electron chi connectivity index (χ0n) is 20.3. The Bertz CT molecular complexity index is 885. The minimum Gasteiger partial charge on any atom is -0.497 e. The zero-order chi connectivity index (χ0) is 24.2. The number of amides is 2. The number of carbonyl (C=O) groups excluding carboxylic acids is 2. The number of nitrogens with zero attached hydrogens (tertiary/aromatic N) is 1. The SMILES string of the molecule is CC[C@H](C)NC(=O)[C@@H](C)N(Cc1cccc(OC)c1)C(=O)CCCOc1ccc(OC)cc1. The molecule has 2 aromatic carbocycles. The zero-order valence-corrected chi connectivity index (χ0v) is 20.3. The Kier molecular flexibility index (Phi) is 10.5. The van der Waals surface area contributed by atoms with Crippen molar-refractivity contribution < 1.29 is 23.8 Å². The molecule has 0 saturated carbocycles. The fourth-order valence-electron chi connectivity index (χ4n) is 3.24. The van der Waals surface area contributed by atoms with Crippen molar-refractivity contribution in [1.29, 1.82) is 0 Å². The van der Waals surface area contributed by atoms with Crippen LogP contribution in [-0.4, -0.2) is 49.6 Å². The molecular formula is C26H36N2O5. The molecule has 0 fully saturated rings. The van der Waals surface area contributed by atoms with E-state index in [9.17, 15) is 9.59 Å². The summed E-state index contributed by atoms with van der Waals surface area (Å²) in [6.07, 6.45) is 1.64. The van der Waals surface area contributed by atoms with Crippen molar-refractivity contribution in [2.75, 3.05) is 20.8 Å². The van der Waals surface area contributed by atoms with Gasteiger partial charge < -0.3 is 24.4 Å². The van der Waals surface area contributed by atoms with Gasteiger partial charge in [-0.1, -0.05) is 19.1 Å². The molecule has 0 aromatic heterocycles. The number of ether oxygens (including phenoxy) is 3. The highest BCUT2D eigenvalue weighted by Crippen LogP contribution is 2.19. The van der Waals surface area contributed by atoms with Crippen LogP contribution in [0.3, 0.4) is 0 Å². The molecule has 2 rings (SSSR count). The Balaban J connectivity index is 2.01. The van der Waals surface area contributed by atoms with E-state index in [1.807, 2.05) is 62.4 Å². The van der Waals surface area contributed by atoms with Crippen LogP contribution in [0.4, 0.5) is 0 Å². The van der Waals surface area contributed by atoms with Gasteiger partial charge in [0.05, 0.1) is 20.8 Å². The van der Waals surface area contributed by atoms with Crippen LogP contribution in [0.5, 0.6) is 17.2 Å². The van der Waals surface area contributed by atoms with Crippen LogP contribution < -0.4 is 19.5 Å². The van der Waals surface area contributed by atoms with E-state index in [1.54, 1.807) is 26.0 Å². The lowest BCUT2D eigenvalue weighted by molar-refractivity contribution is -0.141. The lowest BCUT2D eigenvalue weighted by atomic mass is 10.1. The molecule has 2 atom stereocenters.